The number of fused-ring (bicyclic) bond motifs is 1. The zero-order valence-electron chi connectivity index (χ0n) is 13.8. The average molecular weight is 351 g/mol. The second-order valence-electron chi connectivity index (χ2n) is 5.56. The molecule has 3 N–H and O–H groups in total. The first-order valence-electron chi connectivity index (χ1n) is 7.98. The number of aromatic nitrogens is 1. The van der Waals surface area contributed by atoms with Crippen molar-refractivity contribution in [2.24, 2.45) is 0 Å². The summed E-state index contributed by atoms with van der Waals surface area (Å²) in [5.74, 6) is -1.15. The van der Waals surface area contributed by atoms with Gasteiger partial charge in [0.25, 0.3) is 11.8 Å². The molecule has 2 amide bonds. The number of rotatable bonds is 6. The van der Waals surface area contributed by atoms with Crippen molar-refractivity contribution < 1.29 is 14.4 Å². The predicted molar refractivity (Wildman–Crippen MR) is 96.3 cm³/mol. The number of carbonyl (C=O) groups is 2. The fourth-order valence-corrected chi connectivity index (χ4v) is 2.40. The Morgan fingerprint density at radius 3 is 2.54 bits per heavy atom. The van der Waals surface area contributed by atoms with Gasteiger partial charge in [0.2, 0.25) is 5.43 Å². The van der Waals surface area contributed by atoms with E-state index in [1.165, 1.54) is 6.20 Å². The molecule has 0 radical (unpaired) electrons. The fraction of sp³-hybridized carbons (Fsp3) is 0.105. The monoisotopic (exact) mass is 351 g/mol. The lowest BCUT2D eigenvalue weighted by molar-refractivity contribution is -0.133. The van der Waals surface area contributed by atoms with Crippen LogP contribution in [-0.4, -0.2) is 23.3 Å². The summed E-state index contributed by atoms with van der Waals surface area (Å²) in [5.41, 5.74) is 3.34. The Hall–Kier alpha value is -3.45. The molecule has 1 aromatic heterocycles. The number of para-hydroxylation sites is 1. The molecule has 0 aliphatic heterocycles. The summed E-state index contributed by atoms with van der Waals surface area (Å²) in [6.07, 6.45) is 1.34. The third-order valence-corrected chi connectivity index (χ3v) is 3.71. The van der Waals surface area contributed by atoms with E-state index in [4.69, 9.17) is 4.84 Å². The number of pyridine rings is 1. The van der Waals surface area contributed by atoms with Crippen LogP contribution < -0.4 is 16.2 Å². The van der Waals surface area contributed by atoms with Crippen molar-refractivity contribution in [2.75, 3.05) is 6.54 Å². The number of carbonyl (C=O) groups excluding carboxylic acids is 2. The third-order valence-electron chi connectivity index (χ3n) is 3.71. The second-order valence-corrected chi connectivity index (χ2v) is 5.56. The molecule has 7 heteroatoms. The smallest absolute Gasteiger partial charge is 0.262 e. The quantitative estimate of drug-likeness (QED) is 0.586. The van der Waals surface area contributed by atoms with Crippen molar-refractivity contribution in [3.63, 3.8) is 0 Å². The summed E-state index contributed by atoms with van der Waals surface area (Å²) in [4.78, 5) is 44.2. The maximum Gasteiger partial charge on any atom is 0.262 e. The van der Waals surface area contributed by atoms with Crippen molar-refractivity contribution in [1.29, 1.82) is 0 Å². The zero-order chi connectivity index (χ0) is 18.4. The molecule has 0 bridgehead atoms. The van der Waals surface area contributed by atoms with Crippen LogP contribution in [0.4, 0.5) is 0 Å². The van der Waals surface area contributed by atoms with Crippen molar-refractivity contribution >= 4 is 22.7 Å². The van der Waals surface area contributed by atoms with E-state index < -0.39 is 17.2 Å². The van der Waals surface area contributed by atoms with Crippen LogP contribution in [0.2, 0.25) is 0 Å². The fourth-order valence-electron chi connectivity index (χ4n) is 2.40. The van der Waals surface area contributed by atoms with Gasteiger partial charge < -0.3 is 10.3 Å². The number of nitrogens with one attached hydrogen (secondary N) is 3. The molecule has 0 aliphatic carbocycles. The average Bonchev–Trinajstić information content (AvgIpc) is 2.67. The zero-order valence-corrected chi connectivity index (χ0v) is 13.8. The van der Waals surface area contributed by atoms with Crippen molar-refractivity contribution in [3.8, 4) is 0 Å². The van der Waals surface area contributed by atoms with Crippen LogP contribution in [0.3, 0.4) is 0 Å². The number of hydroxylamine groups is 1. The lowest BCUT2D eigenvalue weighted by Crippen LogP contribution is -2.38. The minimum absolute atomic E-state index is 0.0540. The van der Waals surface area contributed by atoms with E-state index in [9.17, 15) is 14.4 Å². The van der Waals surface area contributed by atoms with E-state index in [1.807, 2.05) is 30.3 Å². The molecular formula is C19H17N3O4. The molecule has 0 spiro atoms. The van der Waals surface area contributed by atoms with Crippen LogP contribution in [-0.2, 0) is 16.2 Å². The molecule has 3 rings (SSSR count). The molecule has 0 atom stereocenters. The van der Waals surface area contributed by atoms with Gasteiger partial charge in [0.15, 0.2) is 0 Å². The van der Waals surface area contributed by atoms with Gasteiger partial charge in [-0.2, -0.15) is 0 Å². The highest BCUT2D eigenvalue weighted by Crippen LogP contribution is 2.06. The van der Waals surface area contributed by atoms with Crippen molar-refractivity contribution in [2.45, 2.75) is 6.61 Å². The van der Waals surface area contributed by atoms with E-state index in [0.29, 0.717) is 10.9 Å². The molecule has 1 heterocycles. The first-order chi connectivity index (χ1) is 12.6. The molecule has 2 aromatic carbocycles. The Balaban J connectivity index is 1.53. The van der Waals surface area contributed by atoms with E-state index in [-0.39, 0.29) is 18.7 Å². The first-order valence-corrected chi connectivity index (χ1v) is 7.98. The summed E-state index contributed by atoms with van der Waals surface area (Å²) in [7, 11) is 0. The standard InChI is InChI=1S/C19H17N3O4/c23-17(22-26-12-13-6-2-1-3-7-13)11-21-19(25)15-10-20-16-9-5-4-8-14(16)18(15)24/h1-10H,11-12H2,(H,20,24)(H,21,25)(H,22,23). The van der Waals surface area contributed by atoms with Gasteiger partial charge in [-0.15, -0.1) is 0 Å². The van der Waals surface area contributed by atoms with Crippen molar-refractivity contribution in [3.05, 3.63) is 82.1 Å². The van der Waals surface area contributed by atoms with E-state index in [2.05, 4.69) is 15.8 Å². The largest absolute Gasteiger partial charge is 0.360 e. The summed E-state index contributed by atoms with van der Waals surface area (Å²) in [5, 5.41) is 2.81. The maximum atomic E-state index is 12.3. The van der Waals surface area contributed by atoms with Crippen LogP contribution in [0.1, 0.15) is 15.9 Å². The van der Waals surface area contributed by atoms with Gasteiger partial charge in [-0.25, -0.2) is 5.48 Å². The lowest BCUT2D eigenvalue weighted by atomic mass is 10.1. The summed E-state index contributed by atoms with van der Waals surface area (Å²) < 4.78 is 0. The van der Waals surface area contributed by atoms with Gasteiger partial charge in [0.05, 0.1) is 13.2 Å². The molecule has 0 fully saturated rings. The third kappa shape index (κ3) is 4.14. The highest BCUT2D eigenvalue weighted by molar-refractivity contribution is 5.98. The molecule has 0 saturated carbocycles. The minimum Gasteiger partial charge on any atom is -0.360 e. The maximum absolute atomic E-state index is 12.3. The van der Waals surface area contributed by atoms with E-state index >= 15 is 0 Å². The Morgan fingerprint density at radius 2 is 1.73 bits per heavy atom. The van der Waals surface area contributed by atoms with Crippen LogP contribution in [0.25, 0.3) is 10.9 Å². The Bertz CT molecular complexity index is 983. The number of aromatic amines is 1. The van der Waals surface area contributed by atoms with Crippen LogP contribution in [0, 0.1) is 0 Å². The van der Waals surface area contributed by atoms with Gasteiger partial charge in [0, 0.05) is 17.1 Å². The normalized spacial score (nSPS) is 10.5. The van der Waals surface area contributed by atoms with Gasteiger partial charge in [-0.05, 0) is 17.7 Å². The van der Waals surface area contributed by atoms with E-state index in [0.717, 1.165) is 5.56 Å². The van der Waals surface area contributed by atoms with Crippen LogP contribution in [0.15, 0.2) is 65.6 Å². The van der Waals surface area contributed by atoms with Gasteiger partial charge >= 0.3 is 0 Å². The number of hydrogen-bond acceptors (Lipinski definition) is 4. The number of benzene rings is 2. The number of hydrogen-bond donors (Lipinski definition) is 3. The van der Waals surface area contributed by atoms with Gasteiger partial charge in [-0.3, -0.25) is 19.2 Å². The van der Waals surface area contributed by atoms with E-state index in [1.54, 1.807) is 24.3 Å². The molecule has 3 aromatic rings. The molecule has 7 nitrogen and oxygen atoms in total. The molecular weight excluding hydrogens is 334 g/mol. The topological polar surface area (TPSA) is 100 Å². The Labute approximate surface area is 149 Å². The minimum atomic E-state index is -0.629. The number of amides is 2. The summed E-state index contributed by atoms with van der Waals surface area (Å²) >= 11 is 0. The summed E-state index contributed by atoms with van der Waals surface area (Å²) in [6, 6.07) is 16.2. The second kappa shape index (κ2) is 8.09. The highest BCUT2D eigenvalue weighted by atomic mass is 16.6. The number of H-pyrrole nitrogens is 1. The first kappa shape index (κ1) is 17.4. The molecule has 0 aliphatic rings. The lowest BCUT2D eigenvalue weighted by Gasteiger charge is -2.08. The van der Waals surface area contributed by atoms with Gasteiger partial charge in [-0.1, -0.05) is 42.5 Å². The van der Waals surface area contributed by atoms with Gasteiger partial charge in [0.1, 0.15) is 5.56 Å². The summed E-state index contributed by atoms with van der Waals surface area (Å²) in [6.45, 7) is -0.0925. The van der Waals surface area contributed by atoms with Crippen molar-refractivity contribution in [1.82, 2.24) is 15.8 Å². The van der Waals surface area contributed by atoms with Crippen LogP contribution in [0.5, 0.6) is 0 Å². The van der Waals surface area contributed by atoms with Crippen LogP contribution >= 0.6 is 0 Å². The SMILES string of the molecule is O=C(CNC(=O)c1c[nH]c2ccccc2c1=O)NOCc1ccccc1. The molecule has 0 unspecified atom stereocenters. The molecule has 0 saturated heterocycles. The Kier molecular flexibility index (Phi) is 5.40. The predicted octanol–water partition coefficient (Wildman–Crippen LogP) is 1.51. The molecule has 26 heavy (non-hydrogen) atoms. The Morgan fingerprint density at radius 1 is 1.00 bits per heavy atom. The highest BCUT2D eigenvalue weighted by Gasteiger charge is 2.13. The molecule has 132 valence electrons.